The fraction of sp³-hybridized carbons (Fsp3) is 0.500. The minimum atomic E-state index is -0.102. The van der Waals surface area contributed by atoms with E-state index in [0.717, 1.165) is 0 Å². The maximum absolute atomic E-state index is 11.5. The molecule has 1 N–H and O–H groups in total. The minimum absolute atomic E-state index is 0.102. The van der Waals surface area contributed by atoms with E-state index in [0.29, 0.717) is 18.8 Å². The Bertz CT molecular complexity index is 206. The van der Waals surface area contributed by atoms with Gasteiger partial charge in [0.2, 0.25) is 0 Å². The summed E-state index contributed by atoms with van der Waals surface area (Å²) in [5.41, 5.74) is 0.397. The molecule has 0 aromatic carbocycles. The molecule has 0 rings (SSSR count). The van der Waals surface area contributed by atoms with Gasteiger partial charge in [-0.1, -0.05) is 0 Å². The van der Waals surface area contributed by atoms with E-state index in [2.05, 4.69) is 11.9 Å². The number of rotatable bonds is 6. The van der Waals surface area contributed by atoms with Gasteiger partial charge in [-0.15, -0.1) is 0 Å². The Morgan fingerprint density at radius 3 is 2.77 bits per heavy atom. The number of nitrogens with one attached hydrogen (secondary N) is 1. The second-order valence-corrected chi connectivity index (χ2v) is 3.08. The number of hydrogen-bond acceptors (Lipinski definition) is 3. The topological polar surface area (TPSA) is 41.6 Å². The van der Waals surface area contributed by atoms with E-state index in [-0.39, 0.29) is 5.91 Å². The van der Waals surface area contributed by atoms with Gasteiger partial charge >= 0.3 is 89.1 Å². The molecule has 0 atom stereocenters. The van der Waals surface area contributed by atoms with E-state index in [1.807, 2.05) is 0 Å². The molecule has 0 heterocycles. The van der Waals surface area contributed by atoms with E-state index < -0.39 is 0 Å². The van der Waals surface area contributed by atoms with Crippen LogP contribution in [0, 0.1) is 0 Å². The quantitative estimate of drug-likeness (QED) is 0.655. The van der Waals surface area contributed by atoms with E-state index in [4.69, 9.17) is 4.74 Å². The van der Waals surface area contributed by atoms with Crippen LogP contribution in [0.5, 0.6) is 0 Å². The summed E-state index contributed by atoms with van der Waals surface area (Å²) in [4.78, 5) is 13.1. The van der Waals surface area contributed by atoms with Crippen molar-refractivity contribution in [3.8, 4) is 0 Å². The molecule has 0 aliphatic rings. The number of amides is 1. The zero-order valence-corrected chi connectivity index (χ0v) is 10.8. The molecule has 0 fully saturated rings. The summed E-state index contributed by atoms with van der Waals surface area (Å²) in [7, 11) is 3.29. The van der Waals surface area contributed by atoms with Crippen molar-refractivity contribution in [1.82, 2.24) is 10.2 Å². The van der Waals surface area contributed by atoms with Gasteiger partial charge in [-0.25, -0.2) is 0 Å². The van der Waals surface area contributed by atoms with Crippen LogP contribution in [-0.2, 0) is 28.9 Å². The molecule has 1 amide bonds. The second kappa shape index (κ2) is 6.98. The normalized spacial score (nSPS) is 9.08. The zero-order valence-electron chi connectivity index (χ0n) is 7.87. The summed E-state index contributed by atoms with van der Waals surface area (Å²) in [6, 6.07) is 0. The summed E-state index contributed by atoms with van der Waals surface area (Å²) in [6.07, 6.45) is 0. The predicted octanol–water partition coefficient (Wildman–Crippen LogP) is -0.499. The molecular weight excluding hydrogens is 340 g/mol. The molecule has 4 nitrogen and oxygen atoms in total. The Morgan fingerprint density at radius 2 is 2.38 bits per heavy atom. The number of hydrogen-bond donors (Lipinski definition) is 1. The Morgan fingerprint density at radius 1 is 1.77 bits per heavy atom. The average Bonchev–Trinajstić information content (AvgIpc) is 2.17. The number of nitrogens with zero attached hydrogens (tertiary/aromatic N) is 1. The van der Waals surface area contributed by atoms with Crippen molar-refractivity contribution < 1.29 is 28.9 Å². The maximum atomic E-state index is 11.5. The van der Waals surface area contributed by atoms with Crippen LogP contribution in [0.25, 0.3) is 0 Å². The van der Waals surface area contributed by atoms with Crippen molar-refractivity contribution in [3.63, 3.8) is 0 Å². The van der Waals surface area contributed by atoms with Crippen LogP contribution in [0.15, 0.2) is 12.3 Å². The second-order valence-electron chi connectivity index (χ2n) is 2.33. The molecule has 5 heteroatoms. The fourth-order valence-corrected chi connectivity index (χ4v) is 1.39. The number of likely N-dealkylation sites (N-methyl/N-ethyl adjacent to an activating group) is 1. The molecule has 0 radical (unpaired) electrons. The first kappa shape index (κ1) is 12.5. The van der Waals surface area contributed by atoms with Gasteiger partial charge in [0.15, 0.2) is 0 Å². The van der Waals surface area contributed by atoms with E-state index in [1.54, 1.807) is 23.6 Å². The molecule has 0 aromatic rings. The fourth-order valence-electron chi connectivity index (χ4n) is 0.672. The van der Waals surface area contributed by atoms with Crippen LogP contribution >= 0.6 is 0 Å². The summed E-state index contributed by atoms with van der Waals surface area (Å²) in [6.45, 7) is 4.70. The number of methoxy groups -OCH3 is 1. The van der Waals surface area contributed by atoms with Crippen LogP contribution in [0.2, 0.25) is 0 Å². The first-order valence-corrected chi connectivity index (χ1v) is 5.48. The first-order chi connectivity index (χ1) is 6.17. The summed E-state index contributed by atoms with van der Waals surface area (Å²) < 4.78 is 6.68. The van der Waals surface area contributed by atoms with Crippen molar-refractivity contribution in [2.24, 2.45) is 0 Å². The van der Waals surface area contributed by atoms with Crippen molar-refractivity contribution in [1.29, 1.82) is 0 Å². The Labute approximate surface area is 89.3 Å². The van der Waals surface area contributed by atoms with Crippen LogP contribution in [-0.4, -0.2) is 42.6 Å². The molecule has 13 heavy (non-hydrogen) atoms. The SMILES string of the molecule is C=C(NC)C(=O)N([CH]=[W])CCOC. The summed E-state index contributed by atoms with van der Waals surface area (Å²) in [5, 5.41) is 2.72. The third-order valence-corrected chi connectivity index (χ3v) is 2.40. The molecule has 0 aliphatic carbocycles. The molecule has 0 aromatic heterocycles. The van der Waals surface area contributed by atoms with E-state index in [1.165, 1.54) is 19.4 Å². The summed E-state index contributed by atoms with van der Waals surface area (Å²) >= 11 is 1.23. The van der Waals surface area contributed by atoms with Crippen molar-refractivity contribution >= 4 is 10.4 Å². The number of carbonyl (C=O) groups is 1. The molecule has 0 spiro atoms. The molecule has 0 saturated carbocycles. The Hall–Kier alpha value is -0.472. The van der Waals surface area contributed by atoms with Crippen molar-refractivity contribution in [2.75, 3.05) is 27.3 Å². The van der Waals surface area contributed by atoms with Gasteiger partial charge in [-0.2, -0.15) is 0 Å². The third kappa shape index (κ3) is 4.34. The molecule has 0 unspecified atom stereocenters. The van der Waals surface area contributed by atoms with Gasteiger partial charge in [-0.05, 0) is 0 Å². The van der Waals surface area contributed by atoms with Gasteiger partial charge in [0.25, 0.3) is 0 Å². The number of ether oxygens (including phenoxy) is 1. The van der Waals surface area contributed by atoms with Gasteiger partial charge in [0.05, 0.1) is 0 Å². The van der Waals surface area contributed by atoms with Crippen LogP contribution in [0.4, 0.5) is 0 Å². The monoisotopic (exact) mass is 354 g/mol. The van der Waals surface area contributed by atoms with Crippen molar-refractivity contribution in [3.05, 3.63) is 12.3 Å². The molecule has 74 valence electrons. The summed E-state index contributed by atoms with van der Waals surface area (Å²) in [5.74, 6) is -0.102. The molecular formula is C8H14N2O2W. The first-order valence-electron chi connectivity index (χ1n) is 3.79. The van der Waals surface area contributed by atoms with E-state index in [9.17, 15) is 4.79 Å². The van der Waals surface area contributed by atoms with Crippen LogP contribution < -0.4 is 5.32 Å². The average molecular weight is 354 g/mol. The molecule has 0 saturated heterocycles. The van der Waals surface area contributed by atoms with Gasteiger partial charge in [-0.3, -0.25) is 0 Å². The van der Waals surface area contributed by atoms with E-state index >= 15 is 0 Å². The number of carbonyl (C=O) groups excluding carboxylic acids is 1. The predicted molar refractivity (Wildman–Crippen MR) is 47.9 cm³/mol. The van der Waals surface area contributed by atoms with Gasteiger partial charge in [0, 0.05) is 0 Å². The standard InChI is InChI=1S/C8H14N2O2.W/c1-7(9-2)8(11)10(3)5-6-12-4;/h3,9H,1,5-6H2,2,4H3;. The van der Waals surface area contributed by atoms with Crippen LogP contribution in [0.1, 0.15) is 0 Å². The molecule has 0 aliphatic heterocycles. The Balaban J connectivity index is 4.14. The van der Waals surface area contributed by atoms with Gasteiger partial charge < -0.3 is 0 Å². The van der Waals surface area contributed by atoms with Gasteiger partial charge in [0.1, 0.15) is 0 Å². The van der Waals surface area contributed by atoms with Crippen molar-refractivity contribution in [2.45, 2.75) is 0 Å². The third-order valence-electron chi connectivity index (χ3n) is 1.48. The van der Waals surface area contributed by atoms with Crippen LogP contribution in [0.3, 0.4) is 0 Å². The molecule has 0 bridgehead atoms. The Kier molecular flexibility index (Phi) is 6.73. The zero-order chi connectivity index (χ0) is 10.3.